The van der Waals surface area contributed by atoms with E-state index in [4.69, 9.17) is 0 Å². The number of nitrogens with one attached hydrogen (secondary N) is 1. The molecular weight excluding hydrogens is 342 g/mol. The molecule has 4 rings (SSSR count). The summed E-state index contributed by atoms with van der Waals surface area (Å²) >= 11 is 0. The van der Waals surface area contributed by atoms with Crippen molar-refractivity contribution in [1.82, 2.24) is 9.97 Å². The van der Waals surface area contributed by atoms with E-state index in [1.54, 1.807) is 0 Å². The fourth-order valence-electron chi connectivity index (χ4n) is 3.42. The van der Waals surface area contributed by atoms with Gasteiger partial charge < -0.3 is 5.32 Å². The third-order valence-corrected chi connectivity index (χ3v) is 4.87. The molecule has 3 heteroatoms. The zero-order valence-electron chi connectivity index (χ0n) is 16.2. The minimum atomic E-state index is 0.973. The summed E-state index contributed by atoms with van der Waals surface area (Å²) < 4.78 is 0. The van der Waals surface area contributed by atoms with E-state index in [0.717, 1.165) is 34.7 Å². The molecule has 2 aromatic carbocycles. The molecule has 0 bridgehead atoms. The monoisotopic (exact) mass is 365 g/mol. The Labute approximate surface area is 166 Å². The molecule has 0 spiro atoms. The van der Waals surface area contributed by atoms with E-state index in [9.17, 15) is 0 Å². The maximum atomic E-state index is 4.54. The lowest BCUT2D eigenvalue weighted by Crippen LogP contribution is -1.95. The molecule has 2 aromatic heterocycles. The summed E-state index contributed by atoms with van der Waals surface area (Å²) in [6.07, 6.45) is 4.65. The van der Waals surface area contributed by atoms with Gasteiger partial charge in [-0.3, -0.25) is 9.97 Å². The SMILES string of the molecule is CCc1ccc(Nc2cccc(-c3ncccc3C)c2)cc1-c1ccccn1. The Hall–Kier alpha value is -3.46. The summed E-state index contributed by atoms with van der Waals surface area (Å²) in [5.41, 5.74) is 8.85. The molecule has 0 radical (unpaired) electrons. The van der Waals surface area contributed by atoms with Crippen LogP contribution in [0.2, 0.25) is 0 Å². The maximum Gasteiger partial charge on any atom is 0.0731 e. The molecule has 0 unspecified atom stereocenters. The second-order valence-electron chi connectivity index (χ2n) is 6.82. The fraction of sp³-hybridized carbons (Fsp3) is 0.120. The van der Waals surface area contributed by atoms with Crippen molar-refractivity contribution in [2.24, 2.45) is 0 Å². The Morgan fingerprint density at radius 2 is 1.64 bits per heavy atom. The van der Waals surface area contributed by atoms with Crippen molar-refractivity contribution in [2.45, 2.75) is 20.3 Å². The van der Waals surface area contributed by atoms with Gasteiger partial charge in [0.25, 0.3) is 0 Å². The number of aryl methyl sites for hydroxylation is 2. The number of rotatable bonds is 5. The van der Waals surface area contributed by atoms with Gasteiger partial charge >= 0.3 is 0 Å². The molecule has 1 N–H and O–H groups in total. The van der Waals surface area contributed by atoms with Gasteiger partial charge in [0.2, 0.25) is 0 Å². The third-order valence-electron chi connectivity index (χ3n) is 4.87. The molecule has 0 fully saturated rings. The number of pyridine rings is 2. The van der Waals surface area contributed by atoms with Crippen LogP contribution < -0.4 is 5.32 Å². The zero-order chi connectivity index (χ0) is 19.3. The lowest BCUT2D eigenvalue weighted by molar-refractivity contribution is 1.13. The van der Waals surface area contributed by atoms with Crippen LogP contribution in [-0.4, -0.2) is 9.97 Å². The van der Waals surface area contributed by atoms with Crippen LogP contribution in [0.3, 0.4) is 0 Å². The fourth-order valence-corrected chi connectivity index (χ4v) is 3.42. The highest BCUT2D eigenvalue weighted by Crippen LogP contribution is 2.29. The second kappa shape index (κ2) is 8.05. The Balaban J connectivity index is 1.67. The van der Waals surface area contributed by atoms with E-state index >= 15 is 0 Å². The predicted molar refractivity (Wildman–Crippen MR) is 117 cm³/mol. The average molecular weight is 365 g/mol. The van der Waals surface area contributed by atoms with Crippen molar-refractivity contribution in [1.29, 1.82) is 0 Å². The molecule has 0 saturated carbocycles. The molecular formula is C25H23N3. The van der Waals surface area contributed by atoms with Gasteiger partial charge in [0.15, 0.2) is 0 Å². The number of hydrogen-bond donors (Lipinski definition) is 1. The lowest BCUT2D eigenvalue weighted by atomic mass is 10.0. The molecule has 0 amide bonds. The van der Waals surface area contributed by atoms with Crippen molar-refractivity contribution in [3.63, 3.8) is 0 Å². The van der Waals surface area contributed by atoms with Gasteiger partial charge in [-0.15, -0.1) is 0 Å². The number of anilines is 2. The Kier molecular flexibility index (Phi) is 5.16. The minimum Gasteiger partial charge on any atom is -0.355 e. The minimum absolute atomic E-state index is 0.973. The third kappa shape index (κ3) is 3.79. The van der Waals surface area contributed by atoms with E-state index in [1.165, 1.54) is 16.7 Å². The van der Waals surface area contributed by atoms with E-state index in [-0.39, 0.29) is 0 Å². The first-order valence-corrected chi connectivity index (χ1v) is 9.58. The van der Waals surface area contributed by atoms with Crippen LogP contribution in [0.25, 0.3) is 22.5 Å². The summed E-state index contributed by atoms with van der Waals surface area (Å²) in [7, 11) is 0. The number of nitrogens with zero attached hydrogens (tertiary/aromatic N) is 2. The summed E-state index contributed by atoms with van der Waals surface area (Å²) in [6, 6.07) is 25.0. The molecule has 0 saturated heterocycles. The Morgan fingerprint density at radius 1 is 0.786 bits per heavy atom. The van der Waals surface area contributed by atoms with Crippen molar-refractivity contribution < 1.29 is 0 Å². The van der Waals surface area contributed by atoms with Crippen LogP contribution in [-0.2, 0) is 6.42 Å². The molecule has 4 aromatic rings. The van der Waals surface area contributed by atoms with Crippen molar-refractivity contribution in [3.05, 3.63) is 96.3 Å². The highest BCUT2D eigenvalue weighted by atomic mass is 14.9. The maximum absolute atomic E-state index is 4.54. The standard InChI is InChI=1S/C25H23N3/c1-3-19-12-13-22(17-23(19)24-11-4-5-14-26-24)28-21-10-6-9-20(16-21)25-18(2)8-7-15-27-25/h4-17,28H,3H2,1-2H3. The van der Waals surface area contributed by atoms with E-state index in [1.807, 2.05) is 30.6 Å². The van der Waals surface area contributed by atoms with E-state index in [2.05, 4.69) is 83.7 Å². The number of benzene rings is 2. The molecule has 138 valence electrons. The van der Waals surface area contributed by atoms with Crippen LogP contribution in [0, 0.1) is 6.92 Å². The van der Waals surface area contributed by atoms with Crippen molar-refractivity contribution in [3.8, 4) is 22.5 Å². The van der Waals surface area contributed by atoms with E-state index < -0.39 is 0 Å². The number of hydrogen-bond acceptors (Lipinski definition) is 3. The normalized spacial score (nSPS) is 10.6. The summed E-state index contributed by atoms with van der Waals surface area (Å²) in [6.45, 7) is 4.26. The van der Waals surface area contributed by atoms with Gasteiger partial charge in [0.05, 0.1) is 11.4 Å². The second-order valence-corrected chi connectivity index (χ2v) is 6.82. The van der Waals surface area contributed by atoms with Crippen LogP contribution >= 0.6 is 0 Å². The molecule has 0 aliphatic carbocycles. The molecule has 3 nitrogen and oxygen atoms in total. The van der Waals surface area contributed by atoms with Gasteiger partial charge in [0, 0.05) is 34.9 Å². The highest BCUT2D eigenvalue weighted by molar-refractivity contribution is 5.74. The quantitative estimate of drug-likeness (QED) is 0.443. The lowest BCUT2D eigenvalue weighted by Gasteiger charge is -2.13. The van der Waals surface area contributed by atoms with Crippen LogP contribution in [0.15, 0.2) is 85.2 Å². The van der Waals surface area contributed by atoms with Crippen LogP contribution in [0.5, 0.6) is 0 Å². The smallest absolute Gasteiger partial charge is 0.0731 e. The van der Waals surface area contributed by atoms with Crippen molar-refractivity contribution >= 4 is 11.4 Å². The van der Waals surface area contributed by atoms with Gasteiger partial charge in [-0.1, -0.05) is 37.3 Å². The van der Waals surface area contributed by atoms with Gasteiger partial charge in [-0.25, -0.2) is 0 Å². The van der Waals surface area contributed by atoms with E-state index in [0.29, 0.717) is 0 Å². The first kappa shape index (κ1) is 17.9. The molecule has 0 atom stereocenters. The Bertz CT molecular complexity index is 1090. The predicted octanol–water partition coefficient (Wildman–Crippen LogP) is 6.43. The summed E-state index contributed by atoms with van der Waals surface area (Å²) in [5.74, 6) is 0. The first-order valence-electron chi connectivity index (χ1n) is 9.58. The largest absolute Gasteiger partial charge is 0.355 e. The van der Waals surface area contributed by atoms with Gasteiger partial charge in [-0.2, -0.15) is 0 Å². The summed E-state index contributed by atoms with van der Waals surface area (Å²) in [5, 5.41) is 3.54. The van der Waals surface area contributed by atoms with Gasteiger partial charge in [-0.05, 0) is 66.9 Å². The van der Waals surface area contributed by atoms with Gasteiger partial charge in [0.1, 0.15) is 0 Å². The van der Waals surface area contributed by atoms with Crippen molar-refractivity contribution in [2.75, 3.05) is 5.32 Å². The average Bonchev–Trinajstić information content (AvgIpc) is 2.75. The first-order chi connectivity index (χ1) is 13.7. The number of aromatic nitrogens is 2. The molecule has 0 aliphatic heterocycles. The zero-order valence-corrected chi connectivity index (χ0v) is 16.2. The Morgan fingerprint density at radius 3 is 2.43 bits per heavy atom. The highest BCUT2D eigenvalue weighted by Gasteiger charge is 2.08. The molecule has 0 aliphatic rings. The molecule has 28 heavy (non-hydrogen) atoms. The van der Waals surface area contributed by atoms with Crippen LogP contribution in [0.4, 0.5) is 11.4 Å². The summed E-state index contributed by atoms with van der Waals surface area (Å²) in [4.78, 5) is 9.07. The topological polar surface area (TPSA) is 37.8 Å². The molecule has 2 heterocycles. The van der Waals surface area contributed by atoms with Crippen LogP contribution in [0.1, 0.15) is 18.1 Å².